The van der Waals surface area contributed by atoms with Gasteiger partial charge in [-0.05, 0) is 41.1 Å². The minimum Gasteiger partial charge on any atom is -0.333 e. The van der Waals surface area contributed by atoms with E-state index < -0.39 is 0 Å². The third-order valence-electron chi connectivity index (χ3n) is 3.78. The zero-order chi connectivity index (χ0) is 17.2. The van der Waals surface area contributed by atoms with E-state index in [1.807, 2.05) is 12.1 Å². The average molecular weight is 368 g/mol. The second-order valence-corrected chi connectivity index (χ2v) is 7.01. The van der Waals surface area contributed by atoms with Crippen molar-refractivity contribution in [2.75, 3.05) is 11.1 Å². The van der Waals surface area contributed by atoms with Gasteiger partial charge in [0.15, 0.2) is 5.16 Å². The van der Waals surface area contributed by atoms with Gasteiger partial charge in [0.25, 0.3) is 0 Å². The highest BCUT2D eigenvalue weighted by atomic mass is 35.5. The topological polar surface area (TPSA) is 57.8 Å². The molecule has 25 heavy (non-hydrogen) atoms. The Hall–Kier alpha value is -2.50. The minimum absolute atomic E-state index is 0.0992. The number of rotatable bonds is 4. The van der Waals surface area contributed by atoms with E-state index in [0.29, 0.717) is 10.7 Å². The molecule has 0 spiro atoms. The van der Waals surface area contributed by atoms with Crippen molar-refractivity contribution in [3.05, 3.63) is 65.7 Å². The second kappa shape index (κ2) is 6.78. The molecule has 2 N–H and O–H groups in total. The number of nitrogens with zero attached hydrogens (tertiary/aromatic N) is 1. The van der Waals surface area contributed by atoms with E-state index in [2.05, 4.69) is 39.6 Å². The van der Waals surface area contributed by atoms with Crippen LogP contribution in [0.25, 0.3) is 21.8 Å². The predicted molar refractivity (Wildman–Crippen MR) is 104 cm³/mol. The van der Waals surface area contributed by atoms with Crippen molar-refractivity contribution in [1.82, 2.24) is 9.97 Å². The molecule has 0 saturated heterocycles. The monoisotopic (exact) mass is 367 g/mol. The van der Waals surface area contributed by atoms with E-state index in [4.69, 9.17) is 11.6 Å². The van der Waals surface area contributed by atoms with Gasteiger partial charge in [-0.1, -0.05) is 53.7 Å². The number of amides is 1. The molecular formula is C19H14ClN3OS. The molecule has 0 unspecified atom stereocenters. The Kier molecular flexibility index (Phi) is 4.34. The lowest BCUT2D eigenvalue weighted by Gasteiger charge is -2.04. The molecule has 4 nitrogen and oxygen atoms in total. The molecule has 0 saturated carbocycles. The summed E-state index contributed by atoms with van der Waals surface area (Å²) in [5.74, 6) is 0.171. The maximum Gasteiger partial charge on any atom is 0.234 e. The number of anilines is 1. The lowest BCUT2D eigenvalue weighted by Crippen LogP contribution is -2.13. The van der Waals surface area contributed by atoms with Crippen molar-refractivity contribution in [1.29, 1.82) is 0 Å². The van der Waals surface area contributed by atoms with Crippen molar-refractivity contribution in [2.45, 2.75) is 5.16 Å². The Labute approximate surface area is 153 Å². The van der Waals surface area contributed by atoms with Gasteiger partial charge in [0, 0.05) is 10.7 Å². The number of H-pyrrole nitrogens is 1. The SMILES string of the molecule is O=C(CSc1nc2cc3ccccc3cc2[nH]1)Nc1cccc(Cl)c1. The van der Waals surface area contributed by atoms with Crippen molar-refractivity contribution >= 4 is 56.8 Å². The Morgan fingerprint density at radius 3 is 2.68 bits per heavy atom. The first-order valence-electron chi connectivity index (χ1n) is 7.74. The van der Waals surface area contributed by atoms with Crippen molar-refractivity contribution in [3.63, 3.8) is 0 Å². The highest BCUT2D eigenvalue weighted by molar-refractivity contribution is 7.99. The van der Waals surface area contributed by atoms with Gasteiger partial charge in [-0.15, -0.1) is 0 Å². The molecule has 0 aliphatic heterocycles. The van der Waals surface area contributed by atoms with Gasteiger partial charge in [-0.2, -0.15) is 0 Å². The van der Waals surface area contributed by atoms with E-state index in [0.717, 1.165) is 27.0 Å². The summed E-state index contributed by atoms with van der Waals surface area (Å²) in [5.41, 5.74) is 2.56. The fourth-order valence-electron chi connectivity index (χ4n) is 2.64. The second-order valence-electron chi connectivity index (χ2n) is 5.61. The number of aromatic amines is 1. The standard InChI is InChI=1S/C19H14ClN3OS/c20-14-6-3-7-15(10-14)21-18(24)11-25-19-22-16-8-12-4-1-2-5-13(12)9-17(16)23-19/h1-10H,11H2,(H,21,24)(H,22,23). The molecule has 0 fully saturated rings. The van der Waals surface area contributed by atoms with Crippen LogP contribution in [0.3, 0.4) is 0 Å². The lowest BCUT2D eigenvalue weighted by atomic mass is 10.1. The third-order valence-corrected chi connectivity index (χ3v) is 4.88. The number of carbonyl (C=O) groups is 1. The van der Waals surface area contributed by atoms with Gasteiger partial charge in [0.05, 0.1) is 16.8 Å². The third kappa shape index (κ3) is 3.62. The van der Waals surface area contributed by atoms with Gasteiger partial charge in [-0.3, -0.25) is 4.79 Å². The van der Waals surface area contributed by atoms with E-state index in [1.165, 1.54) is 11.8 Å². The van der Waals surface area contributed by atoms with Gasteiger partial charge in [0.1, 0.15) is 0 Å². The number of hydrogen-bond acceptors (Lipinski definition) is 3. The first-order valence-corrected chi connectivity index (χ1v) is 9.10. The molecule has 4 aromatic rings. The summed E-state index contributed by atoms with van der Waals surface area (Å²) < 4.78 is 0. The quantitative estimate of drug-likeness (QED) is 0.493. The van der Waals surface area contributed by atoms with Crippen LogP contribution < -0.4 is 5.32 Å². The number of thioether (sulfide) groups is 1. The molecule has 1 amide bonds. The van der Waals surface area contributed by atoms with Crippen LogP contribution in [-0.4, -0.2) is 21.6 Å². The minimum atomic E-state index is -0.0992. The van der Waals surface area contributed by atoms with Crippen LogP contribution in [0.1, 0.15) is 0 Å². The van der Waals surface area contributed by atoms with E-state index in [1.54, 1.807) is 24.3 Å². The lowest BCUT2D eigenvalue weighted by molar-refractivity contribution is -0.113. The molecule has 0 aliphatic rings. The summed E-state index contributed by atoms with van der Waals surface area (Å²) in [6, 6.07) is 19.4. The fraction of sp³-hybridized carbons (Fsp3) is 0.0526. The smallest absolute Gasteiger partial charge is 0.234 e. The first-order chi connectivity index (χ1) is 12.2. The molecule has 1 heterocycles. The molecule has 0 atom stereocenters. The molecule has 0 radical (unpaired) electrons. The van der Waals surface area contributed by atoms with Crippen molar-refractivity contribution < 1.29 is 4.79 Å². The first kappa shape index (κ1) is 16.0. The average Bonchev–Trinajstić information content (AvgIpc) is 2.99. The summed E-state index contributed by atoms with van der Waals surface area (Å²) in [6.45, 7) is 0. The molecular weight excluding hydrogens is 354 g/mol. The Bertz CT molecular complexity index is 1020. The molecule has 4 rings (SSSR count). The Morgan fingerprint density at radius 1 is 1.08 bits per heavy atom. The van der Waals surface area contributed by atoms with E-state index in [-0.39, 0.29) is 11.7 Å². The Balaban J connectivity index is 1.47. The zero-order valence-electron chi connectivity index (χ0n) is 13.1. The van der Waals surface area contributed by atoms with Crippen LogP contribution in [-0.2, 0) is 4.79 Å². The van der Waals surface area contributed by atoms with Crippen LogP contribution in [0.15, 0.2) is 65.8 Å². The van der Waals surface area contributed by atoms with Gasteiger partial charge in [-0.25, -0.2) is 4.98 Å². The number of carbonyl (C=O) groups excluding carboxylic acids is 1. The van der Waals surface area contributed by atoms with Crippen LogP contribution in [0, 0.1) is 0 Å². The van der Waals surface area contributed by atoms with Crippen LogP contribution in [0.5, 0.6) is 0 Å². The normalized spacial score (nSPS) is 11.1. The number of hydrogen-bond donors (Lipinski definition) is 2. The Morgan fingerprint density at radius 2 is 1.88 bits per heavy atom. The summed E-state index contributed by atoms with van der Waals surface area (Å²) in [5, 5.41) is 6.46. The molecule has 6 heteroatoms. The van der Waals surface area contributed by atoms with E-state index in [9.17, 15) is 4.79 Å². The maximum absolute atomic E-state index is 12.1. The molecule has 0 bridgehead atoms. The molecule has 3 aromatic carbocycles. The number of halogens is 1. The van der Waals surface area contributed by atoms with Crippen LogP contribution in [0.4, 0.5) is 5.69 Å². The highest BCUT2D eigenvalue weighted by Gasteiger charge is 2.08. The van der Waals surface area contributed by atoms with Crippen LogP contribution in [0.2, 0.25) is 5.02 Å². The fourth-order valence-corrected chi connectivity index (χ4v) is 3.51. The van der Waals surface area contributed by atoms with E-state index >= 15 is 0 Å². The zero-order valence-corrected chi connectivity index (χ0v) is 14.7. The number of nitrogens with one attached hydrogen (secondary N) is 2. The summed E-state index contributed by atoms with van der Waals surface area (Å²) in [7, 11) is 0. The van der Waals surface area contributed by atoms with Crippen molar-refractivity contribution in [3.8, 4) is 0 Å². The summed E-state index contributed by atoms with van der Waals surface area (Å²) in [6.07, 6.45) is 0. The molecule has 124 valence electrons. The van der Waals surface area contributed by atoms with Crippen molar-refractivity contribution in [2.24, 2.45) is 0 Å². The number of benzene rings is 3. The summed E-state index contributed by atoms with van der Waals surface area (Å²) in [4.78, 5) is 19.9. The number of imidazole rings is 1. The molecule has 0 aliphatic carbocycles. The predicted octanol–water partition coefficient (Wildman–Crippen LogP) is 5.10. The number of aromatic nitrogens is 2. The van der Waals surface area contributed by atoms with Gasteiger partial charge < -0.3 is 10.3 Å². The highest BCUT2D eigenvalue weighted by Crippen LogP contribution is 2.24. The summed E-state index contributed by atoms with van der Waals surface area (Å²) >= 11 is 7.29. The molecule has 1 aromatic heterocycles. The van der Waals surface area contributed by atoms with Gasteiger partial charge >= 0.3 is 0 Å². The largest absolute Gasteiger partial charge is 0.333 e. The van der Waals surface area contributed by atoms with Gasteiger partial charge in [0.2, 0.25) is 5.91 Å². The maximum atomic E-state index is 12.1. The van der Waals surface area contributed by atoms with Crippen LogP contribution >= 0.6 is 23.4 Å². The number of fused-ring (bicyclic) bond motifs is 2.